The van der Waals surface area contributed by atoms with E-state index in [0.717, 1.165) is 16.1 Å². The van der Waals surface area contributed by atoms with Crippen LogP contribution in [0.25, 0.3) is 0 Å². The summed E-state index contributed by atoms with van der Waals surface area (Å²) in [6.45, 7) is 3.58. The second-order valence-electron chi connectivity index (χ2n) is 8.21. The zero-order valence-electron chi connectivity index (χ0n) is 18.0. The Labute approximate surface area is 188 Å². The maximum atomic E-state index is 12.9. The first kappa shape index (κ1) is 23.4. The molecule has 9 heteroatoms. The number of nitrogens with one attached hydrogen (secondary N) is 1. The van der Waals surface area contributed by atoms with Crippen molar-refractivity contribution in [3.05, 3.63) is 58.6 Å². The van der Waals surface area contributed by atoms with E-state index < -0.39 is 21.5 Å². The van der Waals surface area contributed by atoms with Crippen molar-refractivity contribution in [3.63, 3.8) is 0 Å². The van der Waals surface area contributed by atoms with E-state index in [9.17, 15) is 13.2 Å². The number of fused-ring (bicyclic) bond motifs is 1. The summed E-state index contributed by atoms with van der Waals surface area (Å²) in [6, 6.07) is 12.1. The van der Waals surface area contributed by atoms with Crippen LogP contribution in [0.2, 0.25) is 5.02 Å². The first-order valence-corrected chi connectivity index (χ1v) is 12.1. The van der Waals surface area contributed by atoms with Crippen LogP contribution in [0.15, 0.2) is 42.5 Å². The molecule has 1 amide bonds. The molecule has 0 saturated heterocycles. The molecular weight excluding hydrogens is 440 g/mol. The van der Waals surface area contributed by atoms with Crippen molar-refractivity contribution in [1.29, 1.82) is 0 Å². The monoisotopic (exact) mass is 466 g/mol. The number of methoxy groups -OCH3 is 1. The van der Waals surface area contributed by atoms with Gasteiger partial charge in [0.15, 0.2) is 0 Å². The molecule has 1 aliphatic rings. The van der Waals surface area contributed by atoms with E-state index in [1.807, 2.05) is 26.0 Å². The van der Waals surface area contributed by atoms with Crippen molar-refractivity contribution in [1.82, 2.24) is 9.62 Å². The lowest BCUT2D eigenvalue weighted by Gasteiger charge is -2.38. The topological polar surface area (TPSA) is 84.9 Å². The number of ether oxygens (including phenoxy) is 2. The number of halogens is 1. The highest BCUT2D eigenvalue weighted by Crippen LogP contribution is 2.41. The second-order valence-corrected chi connectivity index (χ2v) is 10.6. The predicted octanol–water partition coefficient (Wildman–Crippen LogP) is 3.53. The Bertz CT molecular complexity index is 1070. The van der Waals surface area contributed by atoms with Crippen LogP contribution < -0.4 is 14.8 Å². The van der Waals surface area contributed by atoms with Gasteiger partial charge in [0.1, 0.15) is 17.1 Å². The van der Waals surface area contributed by atoms with E-state index in [2.05, 4.69) is 5.32 Å². The summed E-state index contributed by atoms with van der Waals surface area (Å²) >= 11 is 6.18. The van der Waals surface area contributed by atoms with E-state index >= 15 is 0 Å². The lowest BCUT2D eigenvalue weighted by molar-refractivity contribution is -0.122. The summed E-state index contributed by atoms with van der Waals surface area (Å²) in [5.74, 6) is 0.908. The van der Waals surface area contributed by atoms with Gasteiger partial charge in [0, 0.05) is 23.6 Å². The van der Waals surface area contributed by atoms with Crippen LogP contribution in [0, 0.1) is 0 Å². The molecule has 3 rings (SSSR count). The van der Waals surface area contributed by atoms with Gasteiger partial charge in [-0.2, -0.15) is 4.31 Å². The third-order valence-electron chi connectivity index (χ3n) is 5.10. The summed E-state index contributed by atoms with van der Waals surface area (Å²) in [6.07, 6.45) is 1.61. The molecule has 2 aromatic rings. The minimum atomic E-state index is -3.64. The molecule has 0 bridgehead atoms. The predicted molar refractivity (Wildman–Crippen MR) is 120 cm³/mol. The highest BCUT2D eigenvalue weighted by molar-refractivity contribution is 7.88. The number of carbonyl (C=O) groups excluding carboxylic acids is 1. The molecule has 31 heavy (non-hydrogen) atoms. The smallest absolute Gasteiger partial charge is 0.235 e. The summed E-state index contributed by atoms with van der Waals surface area (Å²) < 4.78 is 37.1. The van der Waals surface area contributed by atoms with Gasteiger partial charge < -0.3 is 14.8 Å². The number of hydrogen-bond acceptors (Lipinski definition) is 5. The average molecular weight is 467 g/mol. The fourth-order valence-electron chi connectivity index (χ4n) is 3.60. The van der Waals surface area contributed by atoms with Crippen LogP contribution in [-0.4, -0.2) is 44.1 Å². The van der Waals surface area contributed by atoms with Crippen molar-refractivity contribution in [2.75, 3.05) is 19.9 Å². The van der Waals surface area contributed by atoms with Gasteiger partial charge in [-0.25, -0.2) is 8.42 Å². The number of rotatable bonds is 7. The van der Waals surface area contributed by atoms with Crippen LogP contribution in [0.4, 0.5) is 0 Å². The zero-order valence-corrected chi connectivity index (χ0v) is 19.6. The molecule has 1 aliphatic heterocycles. The molecule has 0 saturated carbocycles. The molecule has 1 heterocycles. The number of amides is 1. The Morgan fingerprint density at radius 2 is 2.00 bits per heavy atom. The standard InChI is InChI=1S/C22H27ClN2O5S/c1-22(2)12-19(17-11-16(29-3)9-10-20(17)30-22)24-21(26)14-25(31(4,27)28)13-15-7-5-6-8-18(15)23/h5-11,19H,12-14H2,1-4H3,(H,24,26)/t19-/m0/s1. The molecule has 0 radical (unpaired) electrons. The summed E-state index contributed by atoms with van der Waals surface area (Å²) in [5, 5.41) is 3.42. The number of hydrogen-bond donors (Lipinski definition) is 1. The maximum absolute atomic E-state index is 12.9. The number of nitrogens with zero attached hydrogens (tertiary/aromatic N) is 1. The van der Waals surface area contributed by atoms with Crippen LogP contribution >= 0.6 is 11.6 Å². The van der Waals surface area contributed by atoms with Gasteiger partial charge in [0.25, 0.3) is 0 Å². The number of benzene rings is 2. The molecule has 0 fully saturated rings. The molecule has 1 N–H and O–H groups in total. The third kappa shape index (κ3) is 5.90. The fourth-order valence-corrected chi connectivity index (χ4v) is 4.52. The van der Waals surface area contributed by atoms with E-state index in [-0.39, 0.29) is 19.1 Å². The van der Waals surface area contributed by atoms with Crippen molar-refractivity contribution in [2.45, 2.75) is 38.5 Å². The van der Waals surface area contributed by atoms with Crippen LogP contribution in [-0.2, 0) is 21.4 Å². The molecule has 168 valence electrons. The summed E-state index contributed by atoms with van der Waals surface area (Å²) in [4.78, 5) is 12.9. The largest absolute Gasteiger partial charge is 0.497 e. The minimum Gasteiger partial charge on any atom is -0.497 e. The normalized spacial score (nSPS) is 17.5. The quantitative estimate of drug-likeness (QED) is 0.674. The molecular formula is C22H27ClN2O5S. The molecule has 0 unspecified atom stereocenters. The van der Waals surface area contributed by atoms with Gasteiger partial charge in [0.05, 0.1) is 26.0 Å². The van der Waals surface area contributed by atoms with E-state index in [1.54, 1.807) is 37.4 Å². The lowest BCUT2D eigenvalue weighted by Crippen LogP contribution is -2.45. The highest BCUT2D eigenvalue weighted by Gasteiger charge is 2.35. The lowest BCUT2D eigenvalue weighted by atomic mass is 9.89. The fraction of sp³-hybridized carbons (Fsp3) is 0.409. The maximum Gasteiger partial charge on any atom is 0.235 e. The summed E-state index contributed by atoms with van der Waals surface area (Å²) in [5.41, 5.74) is 0.932. The van der Waals surface area contributed by atoms with Gasteiger partial charge in [-0.1, -0.05) is 29.8 Å². The third-order valence-corrected chi connectivity index (χ3v) is 6.67. The van der Waals surface area contributed by atoms with Gasteiger partial charge in [-0.05, 0) is 43.7 Å². The van der Waals surface area contributed by atoms with E-state index in [1.165, 1.54) is 0 Å². The van der Waals surface area contributed by atoms with Crippen LogP contribution in [0.1, 0.15) is 37.4 Å². The zero-order chi connectivity index (χ0) is 22.8. The molecule has 1 atom stereocenters. The van der Waals surface area contributed by atoms with Crippen molar-refractivity contribution in [2.24, 2.45) is 0 Å². The Kier molecular flexibility index (Phi) is 6.83. The molecule has 2 aromatic carbocycles. The molecule has 0 aromatic heterocycles. The van der Waals surface area contributed by atoms with Crippen LogP contribution in [0.5, 0.6) is 11.5 Å². The Hall–Kier alpha value is -2.29. The Balaban J connectivity index is 1.80. The first-order valence-electron chi connectivity index (χ1n) is 9.83. The Morgan fingerprint density at radius 3 is 2.65 bits per heavy atom. The second kappa shape index (κ2) is 9.06. The number of carbonyl (C=O) groups is 1. The Morgan fingerprint density at radius 1 is 1.29 bits per heavy atom. The van der Waals surface area contributed by atoms with Crippen molar-refractivity contribution >= 4 is 27.5 Å². The molecule has 7 nitrogen and oxygen atoms in total. The molecule has 0 spiro atoms. The SMILES string of the molecule is COc1ccc2c(c1)[C@@H](NC(=O)CN(Cc1ccccc1Cl)S(C)(=O)=O)CC(C)(C)O2. The number of sulfonamides is 1. The highest BCUT2D eigenvalue weighted by atomic mass is 35.5. The van der Waals surface area contributed by atoms with E-state index in [0.29, 0.717) is 28.5 Å². The van der Waals surface area contributed by atoms with Crippen molar-refractivity contribution in [3.8, 4) is 11.5 Å². The van der Waals surface area contributed by atoms with Gasteiger partial charge >= 0.3 is 0 Å². The minimum absolute atomic E-state index is 0.00953. The van der Waals surface area contributed by atoms with E-state index in [4.69, 9.17) is 21.1 Å². The van der Waals surface area contributed by atoms with Crippen molar-refractivity contribution < 1.29 is 22.7 Å². The first-order chi connectivity index (χ1) is 14.5. The average Bonchev–Trinajstić information content (AvgIpc) is 2.67. The van der Waals surface area contributed by atoms with Crippen LogP contribution in [0.3, 0.4) is 0 Å². The summed E-state index contributed by atoms with van der Waals surface area (Å²) in [7, 11) is -2.07. The van der Waals surface area contributed by atoms with Gasteiger partial charge in [-0.3, -0.25) is 4.79 Å². The van der Waals surface area contributed by atoms with Gasteiger partial charge in [0.2, 0.25) is 15.9 Å². The van der Waals surface area contributed by atoms with Gasteiger partial charge in [-0.15, -0.1) is 0 Å². The molecule has 0 aliphatic carbocycles.